The second-order valence-corrected chi connectivity index (χ2v) is 7.93. The van der Waals surface area contributed by atoms with Crippen LogP contribution < -0.4 is 0 Å². The van der Waals surface area contributed by atoms with Crippen molar-refractivity contribution < 1.29 is 5.11 Å². The second kappa shape index (κ2) is 6.22. The van der Waals surface area contributed by atoms with Crippen LogP contribution in [0, 0.1) is 11.8 Å². The van der Waals surface area contributed by atoms with Crippen LogP contribution in [0.25, 0.3) is 11.0 Å². The zero-order valence-corrected chi connectivity index (χ0v) is 14.9. The number of H-pyrrole nitrogens is 1. The first-order valence-corrected chi connectivity index (χ1v) is 9.66. The number of rotatable bonds is 3. The number of aromatic amines is 1. The summed E-state index contributed by atoms with van der Waals surface area (Å²) in [5.41, 5.74) is 3.56. The lowest BCUT2D eigenvalue weighted by atomic mass is 9.62. The fourth-order valence-corrected chi connectivity index (χ4v) is 5.24. The molecule has 0 spiro atoms. The molecule has 4 heteroatoms. The average molecular weight is 347 g/mol. The Morgan fingerprint density at radius 3 is 2.58 bits per heavy atom. The van der Waals surface area contributed by atoms with Crippen LogP contribution >= 0.6 is 0 Å². The third-order valence-electron chi connectivity index (χ3n) is 6.44. The van der Waals surface area contributed by atoms with E-state index in [4.69, 9.17) is 0 Å². The summed E-state index contributed by atoms with van der Waals surface area (Å²) in [6.07, 6.45) is 5.11. The van der Waals surface area contributed by atoms with Crippen LogP contribution in [-0.4, -0.2) is 33.1 Å². The quantitative estimate of drug-likeness (QED) is 0.760. The minimum absolute atomic E-state index is 0.265. The van der Waals surface area contributed by atoms with Crippen LogP contribution in [0.15, 0.2) is 54.9 Å². The summed E-state index contributed by atoms with van der Waals surface area (Å²) in [7, 11) is 0. The first kappa shape index (κ1) is 16.0. The van der Waals surface area contributed by atoms with E-state index in [2.05, 4.69) is 51.3 Å². The van der Waals surface area contributed by atoms with Crippen LogP contribution in [-0.2, 0) is 12.1 Å². The number of aromatic nitrogens is 2. The van der Waals surface area contributed by atoms with Crippen LogP contribution in [0.3, 0.4) is 0 Å². The molecule has 1 saturated heterocycles. The minimum atomic E-state index is -0.764. The Bertz CT molecular complexity index is 890. The Kier molecular flexibility index (Phi) is 3.84. The van der Waals surface area contributed by atoms with Gasteiger partial charge in [-0.3, -0.25) is 4.90 Å². The molecule has 2 unspecified atom stereocenters. The van der Waals surface area contributed by atoms with Crippen molar-refractivity contribution in [3.8, 4) is 0 Å². The Morgan fingerprint density at radius 2 is 1.81 bits per heavy atom. The highest BCUT2D eigenvalue weighted by Gasteiger charge is 2.52. The maximum Gasteiger partial charge on any atom is 0.0998 e. The molecule has 2 atom stereocenters. The summed E-state index contributed by atoms with van der Waals surface area (Å²) in [5.74, 6) is 0.530. The molecule has 134 valence electrons. The summed E-state index contributed by atoms with van der Waals surface area (Å²) in [5, 5.41) is 11.9. The van der Waals surface area contributed by atoms with Gasteiger partial charge in [-0.1, -0.05) is 48.9 Å². The van der Waals surface area contributed by atoms with E-state index in [9.17, 15) is 5.11 Å². The highest BCUT2D eigenvalue weighted by Crippen LogP contribution is 2.50. The van der Waals surface area contributed by atoms with Crippen LogP contribution in [0.5, 0.6) is 0 Å². The van der Waals surface area contributed by atoms with Gasteiger partial charge in [0.1, 0.15) is 0 Å². The van der Waals surface area contributed by atoms with Gasteiger partial charge in [-0.05, 0) is 24.5 Å². The summed E-state index contributed by atoms with van der Waals surface area (Å²) >= 11 is 0. The number of likely N-dealkylation sites (tertiary alicyclic amines) is 1. The largest absolute Gasteiger partial charge is 0.384 e. The first-order chi connectivity index (χ1) is 12.7. The van der Waals surface area contributed by atoms with Gasteiger partial charge in [-0.25, -0.2) is 4.98 Å². The second-order valence-electron chi connectivity index (χ2n) is 7.93. The standard InChI is InChI=1S/C22H25N3O/c26-22(19-10-5-11-20-21(19)24-15-23-20)17-8-4-9-18(22)14-25(13-17)12-16-6-2-1-3-7-16/h1-3,5-7,10-11,15,17-18,26H,4,8-9,12-14H2,(H,23,24). The maximum atomic E-state index is 11.9. The number of piperidine rings is 1. The van der Waals surface area contributed by atoms with Gasteiger partial charge in [0, 0.05) is 37.0 Å². The minimum Gasteiger partial charge on any atom is -0.384 e. The zero-order valence-electron chi connectivity index (χ0n) is 14.9. The van der Waals surface area contributed by atoms with E-state index in [1.807, 2.05) is 12.1 Å². The number of imidazole rings is 1. The molecule has 1 aliphatic carbocycles. The third-order valence-corrected chi connectivity index (χ3v) is 6.44. The molecule has 0 radical (unpaired) electrons. The molecule has 5 rings (SSSR count). The number of nitrogens with zero attached hydrogens (tertiary/aromatic N) is 2. The predicted octanol–water partition coefficient (Wildman–Crippen LogP) is 3.68. The molecule has 2 bridgehead atoms. The molecule has 2 aromatic carbocycles. The summed E-state index contributed by atoms with van der Waals surface area (Å²) in [6.45, 7) is 2.86. The van der Waals surface area contributed by atoms with Crippen LogP contribution in [0.2, 0.25) is 0 Å². The number of hydrogen-bond donors (Lipinski definition) is 2. The number of benzene rings is 2. The lowest BCUT2D eigenvalue weighted by Crippen LogP contribution is -2.57. The predicted molar refractivity (Wildman–Crippen MR) is 103 cm³/mol. The number of aliphatic hydroxyl groups is 1. The third kappa shape index (κ3) is 2.48. The van der Waals surface area contributed by atoms with E-state index >= 15 is 0 Å². The number of hydrogen-bond acceptors (Lipinski definition) is 3. The molecule has 1 aliphatic heterocycles. The fraction of sp³-hybridized carbons (Fsp3) is 0.409. The van der Waals surface area contributed by atoms with E-state index in [0.717, 1.165) is 49.1 Å². The van der Waals surface area contributed by atoms with Gasteiger partial charge in [-0.2, -0.15) is 0 Å². The van der Waals surface area contributed by atoms with Gasteiger partial charge in [0.05, 0.1) is 23.0 Å². The van der Waals surface area contributed by atoms with Gasteiger partial charge >= 0.3 is 0 Å². The molecule has 3 aromatic rings. The van der Waals surface area contributed by atoms with E-state index in [0.29, 0.717) is 0 Å². The fourth-order valence-electron chi connectivity index (χ4n) is 5.24. The molecule has 26 heavy (non-hydrogen) atoms. The van der Waals surface area contributed by atoms with Gasteiger partial charge < -0.3 is 10.1 Å². The van der Waals surface area contributed by atoms with Crippen molar-refractivity contribution in [1.29, 1.82) is 0 Å². The molecular weight excluding hydrogens is 322 g/mol. The Hall–Kier alpha value is -2.17. The molecule has 1 saturated carbocycles. The van der Waals surface area contributed by atoms with Gasteiger partial charge in [0.25, 0.3) is 0 Å². The zero-order chi connectivity index (χ0) is 17.6. The molecule has 2 aliphatic rings. The van der Waals surface area contributed by atoms with E-state index in [-0.39, 0.29) is 11.8 Å². The number of fused-ring (bicyclic) bond motifs is 3. The van der Waals surface area contributed by atoms with Gasteiger partial charge in [0.15, 0.2) is 0 Å². The molecule has 4 nitrogen and oxygen atoms in total. The Labute approximate surface area is 153 Å². The van der Waals surface area contributed by atoms with Crippen molar-refractivity contribution >= 4 is 11.0 Å². The van der Waals surface area contributed by atoms with Crippen molar-refractivity contribution in [3.63, 3.8) is 0 Å². The van der Waals surface area contributed by atoms with Crippen molar-refractivity contribution in [2.24, 2.45) is 11.8 Å². The van der Waals surface area contributed by atoms with Crippen LogP contribution in [0.4, 0.5) is 0 Å². The highest BCUT2D eigenvalue weighted by atomic mass is 16.3. The van der Waals surface area contributed by atoms with Gasteiger partial charge in [0.2, 0.25) is 0 Å². The highest BCUT2D eigenvalue weighted by molar-refractivity contribution is 5.79. The SMILES string of the molecule is OC1(c2cccc3[nH]cnc23)C2CCCC1CN(Cc1ccccc1)C2. The summed E-state index contributed by atoms with van der Waals surface area (Å²) in [6, 6.07) is 16.8. The van der Waals surface area contributed by atoms with E-state index < -0.39 is 5.60 Å². The normalized spacial score (nSPS) is 29.1. The van der Waals surface area contributed by atoms with E-state index in [1.54, 1.807) is 6.33 Å². The topological polar surface area (TPSA) is 52.1 Å². The lowest BCUT2D eigenvalue weighted by Gasteiger charge is -2.53. The average Bonchev–Trinajstić information content (AvgIpc) is 3.12. The summed E-state index contributed by atoms with van der Waals surface area (Å²) in [4.78, 5) is 10.2. The molecule has 2 fully saturated rings. The number of nitrogens with one attached hydrogen (secondary N) is 1. The Balaban J connectivity index is 1.48. The maximum absolute atomic E-state index is 11.9. The van der Waals surface area contributed by atoms with Crippen molar-refractivity contribution in [2.45, 2.75) is 31.4 Å². The smallest absolute Gasteiger partial charge is 0.0998 e. The number of para-hydroxylation sites is 1. The molecule has 2 N–H and O–H groups in total. The summed E-state index contributed by atoms with van der Waals surface area (Å²) < 4.78 is 0. The molecule has 1 aromatic heterocycles. The molecular formula is C22H25N3O. The van der Waals surface area contributed by atoms with Crippen molar-refractivity contribution in [1.82, 2.24) is 14.9 Å². The lowest BCUT2D eigenvalue weighted by molar-refractivity contribution is -0.147. The van der Waals surface area contributed by atoms with E-state index in [1.165, 1.54) is 12.0 Å². The monoisotopic (exact) mass is 347 g/mol. The van der Waals surface area contributed by atoms with Crippen molar-refractivity contribution in [3.05, 3.63) is 66.0 Å². The first-order valence-electron chi connectivity index (χ1n) is 9.66. The van der Waals surface area contributed by atoms with Gasteiger partial charge in [-0.15, -0.1) is 0 Å². The van der Waals surface area contributed by atoms with Crippen molar-refractivity contribution in [2.75, 3.05) is 13.1 Å². The van der Waals surface area contributed by atoms with Crippen LogP contribution in [0.1, 0.15) is 30.4 Å². The Morgan fingerprint density at radius 1 is 1.04 bits per heavy atom. The molecule has 0 amide bonds. The molecule has 2 heterocycles.